The summed E-state index contributed by atoms with van der Waals surface area (Å²) < 4.78 is 19.1. The maximum atomic E-state index is 13.3. The number of hydrogen-bond donors (Lipinski definition) is 2. The van der Waals surface area contributed by atoms with E-state index in [0.717, 1.165) is 24.8 Å². The van der Waals surface area contributed by atoms with E-state index in [0.29, 0.717) is 18.3 Å². The van der Waals surface area contributed by atoms with Crippen molar-refractivity contribution in [3.8, 4) is 5.75 Å². The van der Waals surface area contributed by atoms with Crippen LogP contribution in [0.5, 0.6) is 5.75 Å². The van der Waals surface area contributed by atoms with Gasteiger partial charge in [0.2, 0.25) is 0 Å². The fourth-order valence-electron chi connectivity index (χ4n) is 2.89. The highest BCUT2D eigenvalue weighted by Crippen LogP contribution is 2.34. The van der Waals surface area contributed by atoms with Crippen LogP contribution < -0.4 is 15.4 Å². The zero-order valence-corrected chi connectivity index (χ0v) is 15.8. The first-order chi connectivity index (χ1) is 12.0. The Morgan fingerprint density at radius 3 is 2.60 bits per heavy atom. The Morgan fingerprint density at radius 2 is 2.04 bits per heavy atom. The van der Waals surface area contributed by atoms with Crippen LogP contribution >= 0.6 is 0 Å². The van der Waals surface area contributed by atoms with Gasteiger partial charge in [-0.05, 0) is 51.4 Å². The van der Waals surface area contributed by atoms with Gasteiger partial charge < -0.3 is 20.3 Å². The molecule has 0 radical (unpaired) electrons. The molecule has 0 bridgehead atoms. The molecule has 1 aliphatic rings. The van der Waals surface area contributed by atoms with E-state index in [1.54, 1.807) is 19.2 Å². The zero-order chi connectivity index (χ0) is 18.2. The van der Waals surface area contributed by atoms with E-state index in [1.165, 1.54) is 25.0 Å². The highest BCUT2D eigenvalue weighted by molar-refractivity contribution is 5.79. The van der Waals surface area contributed by atoms with Crippen LogP contribution in [0, 0.1) is 11.7 Å². The van der Waals surface area contributed by atoms with Gasteiger partial charge in [0.05, 0.1) is 6.54 Å². The summed E-state index contributed by atoms with van der Waals surface area (Å²) in [4.78, 5) is 6.56. The summed E-state index contributed by atoms with van der Waals surface area (Å²) >= 11 is 0. The number of ether oxygens (including phenoxy) is 1. The Morgan fingerprint density at radius 1 is 1.32 bits per heavy atom. The number of nitrogens with zero attached hydrogens (tertiary/aromatic N) is 2. The molecule has 5 nitrogen and oxygen atoms in total. The number of rotatable bonds is 9. The maximum Gasteiger partial charge on any atom is 0.191 e. The van der Waals surface area contributed by atoms with Crippen molar-refractivity contribution >= 4 is 5.96 Å². The van der Waals surface area contributed by atoms with E-state index >= 15 is 0 Å². The summed E-state index contributed by atoms with van der Waals surface area (Å²) in [7, 11) is 6.02. The molecule has 0 aliphatic heterocycles. The molecule has 0 aromatic heterocycles. The van der Waals surface area contributed by atoms with E-state index in [1.807, 2.05) is 0 Å². The second-order valence-corrected chi connectivity index (χ2v) is 6.81. The minimum absolute atomic E-state index is 0.0478. The summed E-state index contributed by atoms with van der Waals surface area (Å²) in [5.41, 5.74) is 0. The Kier molecular flexibility index (Phi) is 7.50. The van der Waals surface area contributed by atoms with Gasteiger partial charge in [0.25, 0.3) is 0 Å². The normalized spacial score (nSPS) is 17.3. The molecule has 6 heteroatoms. The van der Waals surface area contributed by atoms with Crippen LogP contribution in [0.3, 0.4) is 0 Å². The monoisotopic (exact) mass is 350 g/mol. The van der Waals surface area contributed by atoms with E-state index in [2.05, 4.69) is 41.5 Å². The number of hydrogen-bond acceptors (Lipinski definition) is 3. The molecule has 140 valence electrons. The van der Waals surface area contributed by atoms with Gasteiger partial charge in [0.1, 0.15) is 17.7 Å². The summed E-state index contributed by atoms with van der Waals surface area (Å²) in [6.07, 6.45) is 3.41. The van der Waals surface area contributed by atoms with Gasteiger partial charge in [-0.25, -0.2) is 4.39 Å². The third kappa shape index (κ3) is 6.53. The third-order valence-corrected chi connectivity index (χ3v) is 4.58. The fraction of sp³-hybridized carbons (Fsp3) is 0.632. The number of aliphatic imine (C=N–C) groups is 1. The van der Waals surface area contributed by atoms with Gasteiger partial charge in [-0.2, -0.15) is 0 Å². The molecule has 2 unspecified atom stereocenters. The Hall–Kier alpha value is -1.82. The molecule has 0 saturated heterocycles. The molecule has 2 rings (SSSR count). The predicted molar refractivity (Wildman–Crippen MR) is 101 cm³/mol. The largest absolute Gasteiger partial charge is 0.489 e. The number of halogens is 1. The molecule has 1 aromatic rings. The Labute approximate surface area is 150 Å². The van der Waals surface area contributed by atoms with Crippen LogP contribution in [0.1, 0.15) is 26.2 Å². The lowest BCUT2D eigenvalue weighted by Gasteiger charge is -2.26. The van der Waals surface area contributed by atoms with Crippen LogP contribution in [-0.4, -0.2) is 57.2 Å². The fourth-order valence-corrected chi connectivity index (χ4v) is 2.89. The predicted octanol–water partition coefficient (Wildman–Crippen LogP) is 2.49. The average Bonchev–Trinajstić information content (AvgIpc) is 3.41. The van der Waals surface area contributed by atoms with E-state index < -0.39 is 0 Å². The van der Waals surface area contributed by atoms with Gasteiger partial charge in [-0.15, -0.1) is 0 Å². The third-order valence-electron chi connectivity index (χ3n) is 4.58. The highest BCUT2D eigenvalue weighted by Gasteiger charge is 2.32. The molecule has 1 fully saturated rings. The van der Waals surface area contributed by atoms with E-state index in [4.69, 9.17) is 4.74 Å². The lowest BCUT2D eigenvalue weighted by Crippen LogP contribution is -2.47. The molecule has 0 heterocycles. The van der Waals surface area contributed by atoms with Crippen molar-refractivity contribution in [2.75, 3.05) is 34.2 Å². The summed E-state index contributed by atoms with van der Waals surface area (Å²) in [5.74, 6) is 1.83. The van der Waals surface area contributed by atoms with Crippen LogP contribution in [0.25, 0.3) is 0 Å². The van der Waals surface area contributed by atoms with Crippen LogP contribution in [0.4, 0.5) is 4.39 Å². The van der Waals surface area contributed by atoms with Crippen LogP contribution in [0.2, 0.25) is 0 Å². The SMILES string of the molecule is CCC(CNC(=NC)NCC(C1CC1)N(C)C)Oc1cccc(F)c1. The Bertz CT molecular complexity index is 558. The van der Waals surface area contributed by atoms with Gasteiger partial charge in [-0.1, -0.05) is 13.0 Å². The number of guanidine groups is 1. The maximum absolute atomic E-state index is 13.3. The number of benzene rings is 1. The number of nitrogens with one attached hydrogen (secondary N) is 2. The molecular weight excluding hydrogens is 319 g/mol. The van der Waals surface area contributed by atoms with E-state index in [9.17, 15) is 4.39 Å². The van der Waals surface area contributed by atoms with Crippen LogP contribution in [-0.2, 0) is 0 Å². The molecule has 25 heavy (non-hydrogen) atoms. The summed E-state index contributed by atoms with van der Waals surface area (Å²) in [5, 5.41) is 6.72. The standard InChI is InChI=1S/C19H31FN4O/c1-5-16(25-17-8-6-7-15(20)11-17)12-22-19(21-2)23-13-18(24(3)4)14-9-10-14/h6-8,11,14,16,18H,5,9-10,12-13H2,1-4H3,(H2,21,22,23). The van der Waals surface area contributed by atoms with Gasteiger partial charge in [0, 0.05) is 25.7 Å². The second kappa shape index (κ2) is 9.61. The first-order valence-corrected chi connectivity index (χ1v) is 9.06. The summed E-state index contributed by atoms with van der Waals surface area (Å²) in [6, 6.07) is 6.79. The second-order valence-electron chi connectivity index (χ2n) is 6.81. The smallest absolute Gasteiger partial charge is 0.191 e. The van der Waals surface area contributed by atoms with Gasteiger partial charge in [0.15, 0.2) is 5.96 Å². The molecule has 1 aromatic carbocycles. The molecule has 1 saturated carbocycles. The first kappa shape index (κ1) is 19.5. The minimum atomic E-state index is -0.285. The van der Waals surface area contributed by atoms with Crippen LogP contribution in [0.15, 0.2) is 29.3 Å². The van der Waals surface area contributed by atoms with Crippen molar-refractivity contribution in [2.45, 2.75) is 38.3 Å². The zero-order valence-electron chi connectivity index (χ0n) is 15.8. The van der Waals surface area contributed by atoms with Crippen molar-refractivity contribution in [3.63, 3.8) is 0 Å². The van der Waals surface area contributed by atoms with Gasteiger partial charge >= 0.3 is 0 Å². The van der Waals surface area contributed by atoms with Crippen molar-refractivity contribution < 1.29 is 9.13 Å². The lowest BCUT2D eigenvalue weighted by atomic mass is 10.1. The quantitative estimate of drug-likeness (QED) is 0.531. The summed E-state index contributed by atoms with van der Waals surface area (Å²) in [6.45, 7) is 3.54. The van der Waals surface area contributed by atoms with Crippen molar-refractivity contribution in [2.24, 2.45) is 10.9 Å². The topological polar surface area (TPSA) is 48.9 Å². The molecule has 2 N–H and O–H groups in total. The lowest BCUT2D eigenvalue weighted by molar-refractivity contribution is 0.198. The minimum Gasteiger partial charge on any atom is -0.489 e. The van der Waals surface area contributed by atoms with Crippen molar-refractivity contribution in [1.29, 1.82) is 0 Å². The average molecular weight is 350 g/mol. The molecular formula is C19H31FN4O. The molecule has 2 atom stereocenters. The molecule has 0 amide bonds. The van der Waals surface area contributed by atoms with Gasteiger partial charge in [-0.3, -0.25) is 4.99 Å². The number of likely N-dealkylation sites (N-methyl/N-ethyl adjacent to an activating group) is 1. The Balaban J connectivity index is 1.79. The first-order valence-electron chi connectivity index (χ1n) is 9.06. The van der Waals surface area contributed by atoms with E-state index in [-0.39, 0.29) is 11.9 Å². The molecule has 1 aliphatic carbocycles. The highest BCUT2D eigenvalue weighted by atomic mass is 19.1. The van der Waals surface area contributed by atoms with Crippen molar-refractivity contribution in [1.82, 2.24) is 15.5 Å². The molecule has 0 spiro atoms. The van der Waals surface area contributed by atoms with Crippen molar-refractivity contribution in [3.05, 3.63) is 30.1 Å².